The third-order valence-electron chi connectivity index (χ3n) is 5.34. The lowest BCUT2D eigenvalue weighted by molar-refractivity contribution is -0.130. The van der Waals surface area contributed by atoms with Crippen LogP contribution in [-0.4, -0.2) is 68.4 Å². The van der Waals surface area contributed by atoms with Gasteiger partial charge in [-0.2, -0.15) is 0 Å². The Hall–Kier alpha value is -1.44. The maximum Gasteiger partial charge on any atom is 0.219 e. The van der Waals surface area contributed by atoms with Crippen molar-refractivity contribution in [3.63, 3.8) is 0 Å². The molecule has 1 aliphatic rings. The van der Waals surface area contributed by atoms with Gasteiger partial charge in [-0.05, 0) is 24.6 Å². The molecule has 0 saturated carbocycles. The van der Waals surface area contributed by atoms with E-state index in [1.54, 1.807) is 11.8 Å². The van der Waals surface area contributed by atoms with Crippen molar-refractivity contribution in [3.8, 4) is 0 Å². The van der Waals surface area contributed by atoms with Crippen LogP contribution in [0.25, 0.3) is 0 Å². The molecular weight excluding hydrogens is 412 g/mol. The van der Waals surface area contributed by atoms with Crippen molar-refractivity contribution in [2.75, 3.05) is 38.5 Å². The second-order valence-electron chi connectivity index (χ2n) is 7.54. The minimum absolute atomic E-state index is 0.0768. The average molecular weight is 443 g/mol. The second-order valence-corrected chi connectivity index (χ2v) is 10.1. The van der Waals surface area contributed by atoms with E-state index in [9.17, 15) is 18.0 Å². The molecule has 1 amide bonds. The first kappa shape index (κ1) is 23.8. The zero-order valence-corrected chi connectivity index (χ0v) is 18.9. The van der Waals surface area contributed by atoms with Gasteiger partial charge >= 0.3 is 0 Å². The fourth-order valence-corrected chi connectivity index (χ4v) is 5.18. The van der Waals surface area contributed by atoms with Crippen LogP contribution in [0.15, 0.2) is 23.1 Å². The number of ketones is 1. The summed E-state index contributed by atoms with van der Waals surface area (Å²) >= 11 is 6.25. The predicted molar refractivity (Wildman–Crippen MR) is 115 cm³/mol. The van der Waals surface area contributed by atoms with Crippen LogP contribution >= 0.6 is 11.6 Å². The van der Waals surface area contributed by atoms with Crippen LogP contribution in [-0.2, 0) is 14.6 Å². The summed E-state index contributed by atoms with van der Waals surface area (Å²) in [6.07, 6.45) is 3.90. The summed E-state index contributed by atoms with van der Waals surface area (Å²) < 4.78 is 24.9. The number of hydrogen-bond acceptors (Lipinski definition) is 5. The third-order valence-corrected chi connectivity index (χ3v) is 7.45. The van der Waals surface area contributed by atoms with E-state index in [4.69, 9.17) is 11.6 Å². The number of sulfone groups is 1. The summed E-state index contributed by atoms with van der Waals surface area (Å²) in [5, 5.41) is 0.186. The monoisotopic (exact) mass is 442 g/mol. The number of halogens is 1. The van der Waals surface area contributed by atoms with Crippen LogP contribution in [0.3, 0.4) is 0 Å². The number of carbonyl (C=O) groups excluding carboxylic acids is 2. The molecule has 1 aromatic rings. The Morgan fingerprint density at radius 2 is 1.76 bits per heavy atom. The fraction of sp³-hybridized carbons (Fsp3) is 0.619. The van der Waals surface area contributed by atoms with Gasteiger partial charge in [0, 0.05) is 51.6 Å². The fourth-order valence-electron chi connectivity index (χ4n) is 3.43. The number of carbonyl (C=O) groups is 2. The van der Waals surface area contributed by atoms with Crippen LogP contribution in [0.2, 0.25) is 5.02 Å². The molecule has 0 aliphatic carbocycles. The van der Waals surface area contributed by atoms with Gasteiger partial charge in [-0.25, -0.2) is 8.42 Å². The number of unbranched alkanes of at least 4 members (excludes halogenated alkanes) is 3. The molecule has 0 spiro atoms. The Labute approximate surface area is 179 Å². The standard InChI is InChI=1S/C21H31ClN2O4S/c1-3-4-5-6-15-29(27,28)18-7-8-19(20(22)16-18)21(26)9-10-23-11-13-24(14-12-23)17(2)25/h7-8,16H,3-6,9-15H2,1-2H3. The summed E-state index contributed by atoms with van der Waals surface area (Å²) in [7, 11) is -3.38. The van der Waals surface area contributed by atoms with Gasteiger partial charge < -0.3 is 4.90 Å². The smallest absolute Gasteiger partial charge is 0.219 e. The SMILES string of the molecule is CCCCCCS(=O)(=O)c1ccc(C(=O)CCN2CCN(C(C)=O)CC2)c(Cl)c1. The zero-order valence-electron chi connectivity index (χ0n) is 17.3. The van der Waals surface area contributed by atoms with Gasteiger partial charge in [0.1, 0.15) is 0 Å². The van der Waals surface area contributed by atoms with Gasteiger partial charge in [-0.15, -0.1) is 0 Å². The number of nitrogens with zero attached hydrogens (tertiary/aromatic N) is 2. The van der Waals surface area contributed by atoms with Crippen molar-refractivity contribution in [1.29, 1.82) is 0 Å². The first-order chi connectivity index (χ1) is 13.7. The Morgan fingerprint density at radius 1 is 1.07 bits per heavy atom. The summed E-state index contributed by atoms with van der Waals surface area (Å²) in [6, 6.07) is 4.41. The van der Waals surface area contributed by atoms with E-state index in [0.717, 1.165) is 32.4 Å². The third kappa shape index (κ3) is 7.08. The minimum atomic E-state index is -3.38. The Morgan fingerprint density at radius 3 is 2.34 bits per heavy atom. The van der Waals surface area contributed by atoms with E-state index in [1.165, 1.54) is 18.2 Å². The molecule has 8 heteroatoms. The van der Waals surface area contributed by atoms with Crippen molar-refractivity contribution in [3.05, 3.63) is 28.8 Å². The molecule has 1 fully saturated rings. The summed E-state index contributed by atoms with van der Waals surface area (Å²) in [6.45, 7) is 7.08. The molecule has 1 heterocycles. The van der Waals surface area contributed by atoms with Crippen LogP contribution in [0.4, 0.5) is 0 Å². The van der Waals surface area contributed by atoms with Gasteiger partial charge in [-0.3, -0.25) is 14.5 Å². The van der Waals surface area contributed by atoms with E-state index in [2.05, 4.69) is 11.8 Å². The first-order valence-corrected chi connectivity index (χ1v) is 12.3. The highest BCUT2D eigenvalue weighted by atomic mass is 35.5. The Bertz CT molecular complexity index is 818. The minimum Gasteiger partial charge on any atom is -0.340 e. The van der Waals surface area contributed by atoms with Crippen LogP contribution < -0.4 is 0 Å². The first-order valence-electron chi connectivity index (χ1n) is 10.3. The molecule has 6 nitrogen and oxygen atoms in total. The van der Waals surface area contributed by atoms with Crippen molar-refractivity contribution in [2.24, 2.45) is 0 Å². The molecule has 1 aliphatic heterocycles. The molecule has 29 heavy (non-hydrogen) atoms. The summed E-state index contributed by atoms with van der Waals surface area (Å²) in [4.78, 5) is 28.1. The molecule has 2 rings (SSSR count). The van der Waals surface area contributed by atoms with Crippen LogP contribution in [0, 0.1) is 0 Å². The molecule has 1 saturated heterocycles. The Kier molecular flexibility index (Phi) is 9.11. The van der Waals surface area contributed by atoms with Gasteiger partial charge in [0.2, 0.25) is 5.91 Å². The lowest BCUT2D eigenvalue weighted by atomic mass is 10.1. The average Bonchev–Trinajstić information content (AvgIpc) is 2.69. The molecular formula is C21H31ClN2O4S. The maximum atomic E-state index is 12.6. The summed E-state index contributed by atoms with van der Waals surface area (Å²) in [5.41, 5.74) is 0.360. The molecule has 0 aromatic heterocycles. The number of hydrogen-bond donors (Lipinski definition) is 0. The molecule has 0 unspecified atom stereocenters. The second kappa shape index (κ2) is 11.1. The Balaban J connectivity index is 1.90. The number of Topliss-reactive ketones (excluding diaryl/α,β-unsaturated/α-hetero) is 1. The predicted octanol–water partition coefficient (Wildman–Crippen LogP) is 3.43. The highest BCUT2D eigenvalue weighted by Gasteiger charge is 2.21. The molecule has 0 atom stereocenters. The number of benzene rings is 1. The lowest BCUT2D eigenvalue weighted by Gasteiger charge is -2.34. The highest BCUT2D eigenvalue weighted by Crippen LogP contribution is 2.24. The normalized spacial score (nSPS) is 15.5. The topological polar surface area (TPSA) is 74.8 Å². The van der Waals surface area contributed by atoms with Crippen molar-refractivity contribution in [1.82, 2.24) is 9.80 Å². The molecule has 1 aromatic carbocycles. The highest BCUT2D eigenvalue weighted by molar-refractivity contribution is 7.91. The largest absolute Gasteiger partial charge is 0.340 e. The van der Waals surface area contributed by atoms with Crippen molar-refractivity contribution in [2.45, 2.75) is 50.8 Å². The molecule has 0 radical (unpaired) electrons. The van der Waals surface area contributed by atoms with Crippen molar-refractivity contribution < 1.29 is 18.0 Å². The van der Waals surface area contributed by atoms with E-state index < -0.39 is 9.84 Å². The van der Waals surface area contributed by atoms with Gasteiger partial charge in [-0.1, -0.05) is 37.8 Å². The van der Waals surface area contributed by atoms with Crippen LogP contribution in [0.5, 0.6) is 0 Å². The van der Waals surface area contributed by atoms with E-state index in [0.29, 0.717) is 38.0 Å². The van der Waals surface area contributed by atoms with Gasteiger partial charge in [0.05, 0.1) is 15.7 Å². The maximum absolute atomic E-state index is 12.6. The number of amides is 1. The van der Waals surface area contributed by atoms with Crippen LogP contribution in [0.1, 0.15) is 56.3 Å². The zero-order chi connectivity index (χ0) is 21.4. The quantitative estimate of drug-likeness (QED) is 0.410. The van der Waals surface area contributed by atoms with E-state index >= 15 is 0 Å². The number of piperazine rings is 1. The molecule has 162 valence electrons. The van der Waals surface area contributed by atoms with Crippen molar-refractivity contribution >= 4 is 33.1 Å². The van der Waals surface area contributed by atoms with E-state index in [-0.39, 0.29) is 27.4 Å². The molecule has 0 bridgehead atoms. The van der Waals surface area contributed by atoms with Gasteiger partial charge in [0.25, 0.3) is 0 Å². The number of rotatable bonds is 10. The lowest BCUT2D eigenvalue weighted by Crippen LogP contribution is -2.48. The molecule has 0 N–H and O–H groups in total. The summed E-state index contributed by atoms with van der Waals surface area (Å²) in [5.74, 6) is 0.0758. The van der Waals surface area contributed by atoms with Gasteiger partial charge in [0.15, 0.2) is 15.6 Å². The van der Waals surface area contributed by atoms with E-state index in [1.807, 2.05) is 0 Å².